The molecule has 0 fully saturated rings. The average Bonchev–Trinajstić information content (AvgIpc) is 3.30. The van der Waals surface area contributed by atoms with Crippen molar-refractivity contribution < 1.29 is 19.1 Å². The number of hydrogen-bond donors (Lipinski definition) is 2. The molecule has 194 valence electrons. The first-order valence-corrected chi connectivity index (χ1v) is 13.3. The molecule has 4 aromatic rings. The van der Waals surface area contributed by atoms with Crippen molar-refractivity contribution in [1.82, 2.24) is 5.43 Å². The van der Waals surface area contributed by atoms with Crippen LogP contribution in [0.3, 0.4) is 0 Å². The maximum absolute atomic E-state index is 12.8. The Morgan fingerprint density at radius 3 is 2.67 bits per heavy atom. The summed E-state index contributed by atoms with van der Waals surface area (Å²) in [7, 11) is 0. The van der Waals surface area contributed by atoms with E-state index in [1.165, 1.54) is 17.6 Å². The first kappa shape index (κ1) is 25.8. The third-order valence-electron chi connectivity index (χ3n) is 6.46. The average molecular weight is 537 g/mol. The highest BCUT2D eigenvalue weighted by molar-refractivity contribution is 7.16. The SMILES string of the molecule is Cc1cccc(C(=O)Oc2ccc3ccccc3c2C=NNC(=O)C(=O)Nc2sc3c(c2C#N)CCCC3)c1. The number of ether oxygens (including phenoxy) is 1. The normalized spacial score (nSPS) is 12.5. The molecule has 2 amide bonds. The quantitative estimate of drug-likeness (QED) is 0.118. The van der Waals surface area contributed by atoms with Gasteiger partial charge in [-0.1, -0.05) is 48.0 Å². The molecule has 1 aliphatic rings. The summed E-state index contributed by atoms with van der Waals surface area (Å²) in [4.78, 5) is 39.0. The third-order valence-corrected chi connectivity index (χ3v) is 7.67. The smallest absolute Gasteiger partial charge is 0.343 e. The highest BCUT2D eigenvalue weighted by atomic mass is 32.1. The number of hydrogen-bond acceptors (Lipinski definition) is 7. The monoisotopic (exact) mass is 536 g/mol. The summed E-state index contributed by atoms with van der Waals surface area (Å²) in [5.41, 5.74) is 5.42. The standard InChI is InChI=1S/C30H24N4O4S/c1-18-7-6-9-20(15-18)30(37)38-25-14-13-19-8-2-3-10-21(19)24(25)17-32-34-28(36)27(35)33-29-23(16-31)22-11-4-5-12-26(22)39-29/h2-3,6-10,13-15,17H,4-5,11-12H2,1H3,(H,33,35)(H,34,36). The second-order valence-corrected chi connectivity index (χ2v) is 10.2. The Morgan fingerprint density at radius 1 is 1.03 bits per heavy atom. The topological polar surface area (TPSA) is 121 Å². The number of carbonyl (C=O) groups excluding carboxylic acids is 3. The van der Waals surface area contributed by atoms with Crippen molar-refractivity contribution in [3.63, 3.8) is 0 Å². The molecule has 2 N–H and O–H groups in total. The molecule has 39 heavy (non-hydrogen) atoms. The van der Waals surface area contributed by atoms with E-state index in [4.69, 9.17) is 4.74 Å². The fraction of sp³-hybridized carbons (Fsp3) is 0.167. The Bertz CT molecular complexity index is 1680. The highest BCUT2D eigenvalue weighted by Gasteiger charge is 2.23. The Hall–Kier alpha value is -4.81. The Kier molecular flexibility index (Phi) is 7.48. The summed E-state index contributed by atoms with van der Waals surface area (Å²) in [5.74, 6) is -2.18. The van der Waals surface area contributed by atoms with Crippen LogP contribution >= 0.6 is 11.3 Å². The van der Waals surface area contributed by atoms with Crippen molar-refractivity contribution in [3.05, 3.63) is 93.4 Å². The van der Waals surface area contributed by atoms with Gasteiger partial charge in [-0.3, -0.25) is 9.59 Å². The molecule has 0 radical (unpaired) electrons. The van der Waals surface area contributed by atoms with Gasteiger partial charge in [0.2, 0.25) is 0 Å². The number of nitrogens with zero attached hydrogens (tertiary/aromatic N) is 2. The molecule has 0 atom stereocenters. The minimum atomic E-state index is -0.986. The van der Waals surface area contributed by atoms with Crippen LogP contribution in [0.15, 0.2) is 65.8 Å². The van der Waals surface area contributed by atoms with Crippen LogP contribution in [0.5, 0.6) is 5.75 Å². The van der Waals surface area contributed by atoms with Gasteiger partial charge in [0.1, 0.15) is 16.8 Å². The van der Waals surface area contributed by atoms with Crippen LogP contribution in [0, 0.1) is 18.3 Å². The van der Waals surface area contributed by atoms with Crippen LogP contribution in [0.2, 0.25) is 0 Å². The van der Waals surface area contributed by atoms with E-state index in [0.717, 1.165) is 52.5 Å². The molecule has 0 saturated carbocycles. The molecule has 8 nitrogen and oxygen atoms in total. The van der Waals surface area contributed by atoms with E-state index in [1.807, 2.05) is 43.3 Å². The molecule has 9 heteroatoms. The first-order valence-electron chi connectivity index (χ1n) is 12.4. The van der Waals surface area contributed by atoms with E-state index >= 15 is 0 Å². The molecule has 1 aromatic heterocycles. The van der Waals surface area contributed by atoms with E-state index < -0.39 is 17.8 Å². The number of thiophene rings is 1. The van der Waals surface area contributed by atoms with Gasteiger partial charge in [-0.25, -0.2) is 10.2 Å². The number of esters is 1. The van der Waals surface area contributed by atoms with Gasteiger partial charge in [-0.05, 0) is 67.1 Å². The summed E-state index contributed by atoms with van der Waals surface area (Å²) in [6.07, 6.45) is 5.04. The lowest BCUT2D eigenvalue weighted by Gasteiger charge is -2.11. The van der Waals surface area contributed by atoms with E-state index in [9.17, 15) is 19.6 Å². The van der Waals surface area contributed by atoms with E-state index in [2.05, 4.69) is 21.9 Å². The number of fused-ring (bicyclic) bond motifs is 2. The zero-order chi connectivity index (χ0) is 27.4. The van der Waals surface area contributed by atoms with Crippen LogP contribution in [-0.4, -0.2) is 24.0 Å². The van der Waals surface area contributed by atoms with Gasteiger partial charge in [-0.2, -0.15) is 10.4 Å². The summed E-state index contributed by atoms with van der Waals surface area (Å²) in [5, 5.41) is 18.1. The largest absolute Gasteiger partial charge is 0.422 e. The molecular weight excluding hydrogens is 512 g/mol. The molecule has 1 heterocycles. The highest BCUT2D eigenvalue weighted by Crippen LogP contribution is 2.37. The second-order valence-electron chi connectivity index (χ2n) is 9.14. The number of amides is 2. The van der Waals surface area contributed by atoms with Crippen LogP contribution < -0.4 is 15.5 Å². The molecule has 0 aliphatic heterocycles. The van der Waals surface area contributed by atoms with Gasteiger partial charge in [0.15, 0.2) is 0 Å². The van der Waals surface area contributed by atoms with E-state index in [-0.39, 0.29) is 5.75 Å². The predicted octanol–water partition coefficient (Wildman–Crippen LogP) is 5.27. The number of nitriles is 1. The van der Waals surface area contributed by atoms with Crippen LogP contribution in [0.1, 0.15) is 50.3 Å². The zero-order valence-corrected chi connectivity index (χ0v) is 21.9. The van der Waals surface area contributed by atoms with Crippen molar-refractivity contribution >= 4 is 51.1 Å². The number of rotatable bonds is 5. The third kappa shape index (κ3) is 5.56. The molecular formula is C30H24N4O4S. The van der Waals surface area contributed by atoms with Gasteiger partial charge in [0.05, 0.1) is 17.3 Å². The first-order chi connectivity index (χ1) is 18.9. The molecule has 3 aromatic carbocycles. The Morgan fingerprint density at radius 2 is 1.85 bits per heavy atom. The van der Waals surface area contributed by atoms with Gasteiger partial charge >= 0.3 is 17.8 Å². The summed E-state index contributed by atoms with van der Waals surface area (Å²) >= 11 is 1.34. The molecule has 0 saturated heterocycles. The molecule has 0 spiro atoms. The van der Waals surface area contributed by atoms with E-state index in [1.54, 1.807) is 24.3 Å². The number of benzene rings is 3. The van der Waals surface area contributed by atoms with Crippen molar-refractivity contribution in [2.45, 2.75) is 32.6 Å². The van der Waals surface area contributed by atoms with E-state index in [0.29, 0.717) is 21.7 Å². The number of nitrogens with one attached hydrogen (secondary N) is 2. The minimum Gasteiger partial charge on any atom is -0.422 e. The maximum Gasteiger partial charge on any atom is 0.343 e. The molecule has 1 aliphatic carbocycles. The molecule has 0 unspecified atom stereocenters. The van der Waals surface area contributed by atoms with Crippen molar-refractivity contribution in [1.29, 1.82) is 5.26 Å². The minimum absolute atomic E-state index is 0.255. The number of carbonyl (C=O) groups is 3. The van der Waals surface area contributed by atoms with Crippen LogP contribution in [0.25, 0.3) is 10.8 Å². The van der Waals surface area contributed by atoms with Gasteiger partial charge in [0.25, 0.3) is 0 Å². The lowest BCUT2D eigenvalue weighted by Crippen LogP contribution is -2.32. The zero-order valence-electron chi connectivity index (χ0n) is 21.1. The maximum atomic E-state index is 12.8. The fourth-order valence-electron chi connectivity index (χ4n) is 4.57. The van der Waals surface area contributed by atoms with Crippen LogP contribution in [0.4, 0.5) is 5.00 Å². The van der Waals surface area contributed by atoms with Gasteiger partial charge in [0, 0.05) is 10.4 Å². The number of aryl methyl sites for hydroxylation is 2. The summed E-state index contributed by atoms with van der Waals surface area (Å²) in [6.45, 7) is 1.89. The fourth-order valence-corrected chi connectivity index (χ4v) is 5.80. The van der Waals surface area contributed by atoms with Gasteiger partial charge < -0.3 is 10.1 Å². The van der Waals surface area contributed by atoms with Crippen molar-refractivity contribution in [2.24, 2.45) is 5.10 Å². The Labute approximate surface area is 228 Å². The van der Waals surface area contributed by atoms with Crippen LogP contribution in [-0.2, 0) is 22.4 Å². The lowest BCUT2D eigenvalue weighted by molar-refractivity contribution is -0.136. The lowest BCUT2D eigenvalue weighted by atomic mass is 9.96. The van der Waals surface area contributed by atoms with Gasteiger partial charge in [-0.15, -0.1) is 11.3 Å². The number of anilines is 1. The molecule has 5 rings (SSSR count). The summed E-state index contributed by atoms with van der Waals surface area (Å²) < 4.78 is 5.69. The number of hydrazone groups is 1. The van der Waals surface area contributed by atoms with Crippen molar-refractivity contribution in [3.8, 4) is 11.8 Å². The second kappa shape index (κ2) is 11.3. The van der Waals surface area contributed by atoms with Crippen molar-refractivity contribution in [2.75, 3.05) is 5.32 Å². The predicted molar refractivity (Wildman–Crippen MR) is 150 cm³/mol. The Balaban J connectivity index is 1.34. The summed E-state index contributed by atoms with van der Waals surface area (Å²) in [6, 6.07) is 20.2. The molecule has 0 bridgehead atoms.